The summed E-state index contributed by atoms with van der Waals surface area (Å²) in [4.78, 5) is 0. The second-order valence-electron chi connectivity index (χ2n) is 2.68. The van der Waals surface area contributed by atoms with Crippen molar-refractivity contribution in [2.75, 3.05) is 7.05 Å². The molecule has 0 fully saturated rings. The standard InChI is InChI=1S/C10H8BrF2N/c1-3-10(14-2)6-4-8(12)9(13)5-7(6)11/h1,4-5,10,14H,2H3. The Balaban J connectivity index is 3.22. The molecule has 74 valence electrons. The minimum absolute atomic E-state index is 0.431. The number of rotatable bonds is 2. The van der Waals surface area contributed by atoms with Crippen LogP contribution in [-0.2, 0) is 0 Å². The van der Waals surface area contributed by atoms with Gasteiger partial charge in [-0.2, -0.15) is 0 Å². The molecule has 1 rings (SSSR count). The van der Waals surface area contributed by atoms with Crippen LogP contribution >= 0.6 is 15.9 Å². The Hall–Kier alpha value is -0.920. The molecule has 1 aromatic rings. The molecule has 0 heterocycles. The molecule has 0 saturated carbocycles. The summed E-state index contributed by atoms with van der Waals surface area (Å²) < 4.78 is 26.1. The fraction of sp³-hybridized carbons (Fsp3) is 0.200. The summed E-state index contributed by atoms with van der Waals surface area (Å²) in [6.45, 7) is 0. The summed E-state index contributed by atoms with van der Waals surface area (Å²) in [6, 6.07) is 1.71. The van der Waals surface area contributed by atoms with E-state index in [-0.39, 0.29) is 0 Å². The topological polar surface area (TPSA) is 12.0 Å². The van der Waals surface area contributed by atoms with Crippen LogP contribution in [0, 0.1) is 24.0 Å². The predicted molar refractivity (Wildman–Crippen MR) is 54.7 cm³/mol. The highest BCUT2D eigenvalue weighted by Crippen LogP contribution is 2.25. The third-order valence-electron chi connectivity index (χ3n) is 1.81. The third kappa shape index (κ3) is 2.11. The molecule has 0 aromatic heterocycles. The quantitative estimate of drug-likeness (QED) is 0.636. The van der Waals surface area contributed by atoms with E-state index in [2.05, 4.69) is 27.2 Å². The minimum atomic E-state index is -0.904. The van der Waals surface area contributed by atoms with E-state index in [0.717, 1.165) is 12.1 Å². The second kappa shape index (κ2) is 4.54. The van der Waals surface area contributed by atoms with Gasteiger partial charge in [-0.1, -0.05) is 21.9 Å². The summed E-state index contributed by atoms with van der Waals surface area (Å²) in [6.07, 6.45) is 5.22. The number of hydrogen-bond acceptors (Lipinski definition) is 1. The van der Waals surface area contributed by atoms with Gasteiger partial charge >= 0.3 is 0 Å². The molecule has 14 heavy (non-hydrogen) atoms. The van der Waals surface area contributed by atoms with E-state index in [1.807, 2.05) is 0 Å². The Morgan fingerprint density at radius 1 is 1.43 bits per heavy atom. The summed E-state index contributed by atoms with van der Waals surface area (Å²) >= 11 is 3.12. The molecule has 1 unspecified atom stereocenters. The Bertz CT molecular complexity index is 384. The van der Waals surface area contributed by atoms with Crippen molar-refractivity contribution in [3.05, 3.63) is 33.8 Å². The van der Waals surface area contributed by atoms with Gasteiger partial charge in [0.05, 0.1) is 6.04 Å². The molecule has 0 aliphatic rings. The maximum Gasteiger partial charge on any atom is 0.159 e. The maximum atomic E-state index is 12.9. The molecule has 0 radical (unpaired) electrons. The van der Waals surface area contributed by atoms with Crippen LogP contribution in [0.1, 0.15) is 11.6 Å². The zero-order valence-corrected chi connectivity index (χ0v) is 9.03. The smallest absolute Gasteiger partial charge is 0.159 e. The van der Waals surface area contributed by atoms with Gasteiger partial charge in [0, 0.05) is 4.47 Å². The van der Waals surface area contributed by atoms with Crippen LogP contribution in [0.4, 0.5) is 8.78 Å². The van der Waals surface area contributed by atoms with Gasteiger partial charge in [0.25, 0.3) is 0 Å². The van der Waals surface area contributed by atoms with E-state index in [1.54, 1.807) is 7.05 Å². The highest BCUT2D eigenvalue weighted by molar-refractivity contribution is 9.10. The Kier molecular flexibility index (Phi) is 3.62. The van der Waals surface area contributed by atoms with E-state index in [0.29, 0.717) is 10.0 Å². The largest absolute Gasteiger partial charge is 0.303 e. The van der Waals surface area contributed by atoms with Gasteiger partial charge in [-0.05, 0) is 24.7 Å². The number of hydrogen-bond donors (Lipinski definition) is 1. The van der Waals surface area contributed by atoms with Gasteiger partial charge in [0.1, 0.15) is 0 Å². The van der Waals surface area contributed by atoms with Gasteiger partial charge in [-0.15, -0.1) is 6.42 Å². The highest BCUT2D eigenvalue weighted by atomic mass is 79.9. The van der Waals surface area contributed by atoms with Crippen LogP contribution in [-0.4, -0.2) is 7.05 Å². The van der Waals surface area contributed by atoms with Crippen LogP contribution in [0.5, 0.6) is 0 Å². The van der Waals surface area contributed by atoms with Crippen molar-refractivity contribution in [2.45, 2.75) is 6.04 Å². The molecule has 1 N–H and O–H groups in total. The first kappa shape index (κ1) is 11.2. The average molecular weight is 260 g/mol. The van der Waals surface area contributed by atoms with Crippen LogP contribution in [0.15, 0.2) is 16.6 Å². The SMILES string of the molecule is C#CC(NC)c1cc(F)c(F)cc1Br. The first-order valence-corrected chi connectivity index (χ1v) is 4.67. The maximum absolute atomic E-state index is 12.9. The highest BCUT2D eigenvalue weighted by Gasteiger charge is 2.13. The molecule has 0 aliphatic heterocycles. The van der Waals surface area contributed by atoms with E-state index in [1.165, 1.54) is 0 Å². The summed E-state index contributed by atoms with van der Waals surface area (Å²) in [5.74, 6) is 0.625. The van der Waals surface area contributed by atoms with E-state index in [4.69, 9.17) is 6.42 Å². The first-order chi connectivity index (χ1) is 6.60. The van der Waals surface area contributed by atoms with Crippen LogP contribution < -0.4 is 5.32 Å². The number of terminal acetylenes is 1. The van der Waals surface area contributed by atoms with Crippen LogP contribution in [0.2, 0.25) is 0 Å². The van der Waals surface area contributed by atoms with Crippen molar-refractivity contribution in [3.63, 3.8) is 0 Å². The summed E-state index contributed by atoms with van der Waals surface area (Å²) in [5, 5.41) is 2.80. The molecule has 1 nitrogen and oxygen atoms in total. The fourth-order valence-corrected chi connectivity index (χ4v) is 1.63. The lowest BCUT2D eigenvalue weighted by atomic mass is 10.1. The Morgan fingerprint density at radius 3 is 2.50 bits per heavy atom. The first-order valence-electron chi connectivity index (χ1n) is 3.88. The van der Waals surface area contributed by atoms with Crippen LogP contribution in [0.25, 0.3) is 0 Å². The molecule has 0 bridgehead atoms. The van der Waals surface area contributed by atoms with Crippen LogP contribution in [0.3, 0.4) is 0 Å². The molecular weight excluding hydrogens is 252 g/mol. The lowest BCUT2D eigenvalue weighted by Gasteiger charge is -2.12. The van der Waals surface area contributed by atoms with E-state index in [9.17, 15) is 8.78 Å². The predicted octanol–water partition coefficient (Wildman–Crippen LogP) is 2.62. The molecule has 0 saturated heterocycles. The van der Waals surface area contributed by atoms with Gasteiger partial charge in [-0.3, -0.25) is 0 Å². The second-order valence-corrected chi connectivity index (χ2v) is 3.53. The molecule has 0 aliphatic carbocycles. The van der Waals surface area contributed by atoms with Gasteiger partial charge in [0.15, 0.2) is 11.6 Å². The zero-order valence-electron chi connectivity index (χ0n) is 7.44. The third-order valence-corrected chi connectivity index (χ3v) is 2.49. The number of benzene rings is 1. The van der Waals surface area contributed by atoms with Crippen molar-refractivity contribution in [1.29, 1.82) is 0 Å². The van der Waals surface area contributed by atoms with Gasteiger partial charge in [0.2, 0.25) is 0 Å². The van der Waals surface area contributed by atoms with Gasteiger partial charge in [-0.25, -0.2) is 8.78 Å². The van der Waals surface area contributed by atoms with Crippen molar-refractivity contribution in [3.8, 4) is 12.3 Å². The summed E-state index contributed by atoms with van der Waals surface area (Å²) in [7, 11) is 1.65. The van der Waals surface area contributed by atoms with Crippen molar-refractivity contribution in [1.82, 2.24) is 5.32 Å². The average Bonchev–Trinajstić information content (AvgIpc) is 2.15. The Labute approximate surface area is 89.6 Å². The molecular formula is C10H8BrF2N. The zero-order chi connectivity index (χ0) is 10.7. The minimum Gasteiger partial charge on any atom is -0.303 e. The molecule has 0 spiro atoms. The van der Waals surface area contributed by atoms with E-state index >= 15 is 0 Å². The molecule has 4 heteroatoms. The van der Waals surface area contributed by atoms with Crippen molar-refractivity contribution < 1.29 is 8.78 Å². The van der Waals surface area contributed by atoms with Crippen molar-refractivity contribution >= 4 is 15.9 Å². The number of nitrogens with one attached hydrogen (secondary N) is 1. The number of halogens is 3. The van der Waals surface area contributed by atoms with E-state index < -0.39 is 17.7 Å². The molecule has 0 amide bonds. The summed E-state index contributed by atoms with van der Waals surface area (Å²) in [5.41, 5.74) is 0.508. The monoisotopic (exact) mass is 259 g/mol. The normalized spacial score (nSPS) is 12.2. The van der Waals surface area contributed by atoms with Gasteiger partial charge < -0.3 is 5.32 Å². The lowest BCUT2D eigenvalue weighted by Crippen LogP contribution is -2.15. The lowest BCUT2D eigenvalue weighted by molar-refractivity contribution is 0.504. The molecule has 1 aromatic carbocycles. The Morgan fingerprint density at radius 2 is 2.00 bits per heavy atom. The molecule has 1 atom stereocenters. The van der Waals surface area contributed by atoms with Crippen molar-refractivity contribution in [2.24, 2.45) is 0 Å². The fourth-order valence-electron chi connectivity index (χ4n) is 1.09.